The molecule has 158 valence electrons. The van der Waals surface area contributed by atoms with Crippen LogP contribution in [0.5, 0.6) is 0 Å². The number of carboxylic acids is 1. The normalized spacial score (nSPS) is 24.1. The molecule has 2 aliphatic heterocycles. The van der Waals surface area contributed by atoms with Crippen LogP contribution in [0, 0.1) is 17.8 Å². The highest BCUT2D eigenvalue weighted by molar-refractivity contribution is 5.66. The summed E-state index contributed by atoms with van der Waals surface area (Å²) in [4.78, 5) is 18.6. The lowest BCUT2D eigenvalue weighted by Crippen LogP contribution is -2.56. The van der Waals surface area contributed by atoms with Gasteiger partial charge >= 0.3 is 5.97 Å². The van der Waals surface area contributed by atoms with E-state index in [4.69, 9.17) is 5.11 Å². The second kappa shape index (κ2) is 10.7. The fourth-order valence-electron chi connectivity index (χ4n) is 4.56. The fourth-order valence-corrected chi connectivity index (χ4v) is 4.56. The Bertz CT molecular complexity index is 717. The molecule has 29 heavy (non-hydrogen) atoms. The SMILES string of the molecule is CN1CCN(C2CCN(Cc3ccc(C#CCO)cc3)CC2CCC(=O)O)CC1. The molecule has 0 amide bonds. The Morgan fingerprint density at radius 3 is 2.52 bits per heavy atom. The van der Waals surface area contributed by atoms with Crippen LogP contribution in [0.15, 0.2) is 24.3 Å². The van der Waals surface area contributed by atoms with Gasteiger partial charge in [0.25, 0.3) is 0 Å². The molecule has 3 rings (SSSR count). The molecular formula is C23H33N3O3. The van der Waals surface area contributed by atoms with Crippen LogP contribution in [0.25, 0.3) is 0 Å². The van der Waals surface area contributed by atoms with Crippen LogP contribution in [0.3, 0.4) is 0 Å². The molecular weight excluding hydrogens is 366 g/mol. The van der Waals surface area contributed by atoms with E-state index in [0.717, 1.165) is 64.2 Å². The monoisotopic (exact) mass is 399 g/mol. The lowest BCUT2D eigenvalue weighted by atomic mass is 9.86. The van der Waals surface area contributed by atoms with Crippen molar-refractivity contribution in [2.45, 2.75) is 31.8 Å². The van der Waals surface area contributed by atoms with Gasteiger partial charge in [-0.3, -0.25) is 14.6 Å². The molecule has 0 saturated carbocycles. The van der Waals surface area contributed by atoms with E-state index in [2.05, 4.69) is 45.7 Å². The van der Waals surface area contributed by atoms with Gasteiger partial charge in [0.15, 0.2) is 0 Å². The summed E-state index contributed by atoms with van der Waals surface area (Å²) in [5.41, 5.74) is 2.16. The van der Waals surface area contributed by atoms with Gasteiger partial charge in [0, 0.05) is 57.3 Å². The van der Waals surface area contributed by atoms with Crippen molar-refractivity contribution in [3.8, 4) is 11.8 Å². The highest BCUT2D eigenvalue weighted by atomic mass is 16.4. The maximum absolute atomic E-state index is 11.2. The van der Waals surface area contributed by atoms with Gasteiger partial charge in [0.2, 0.25) is 0 Å². The fraction of sp³-hybridized carbons (Fsp3) is 0.609. The van der Waals surface area contributed by atoms with Crippen molar-refractivity contribution < 1.29 is 15.0 Å². The first-order valence-corrected chi connectivity index (χ1v) is 10.6. The molecule has 2 saturated heterocycles. The predicted molar refractivity (Wildman–Crippen MR) is 114 cm³/mol. The molecule has 2 atom stereocenters. The third-order valence-electron chi connectivity index (χ3n) is 6.19. The molecule has 0 aliphatic carbocycles. The molecule has 2 aliphatic rings. The lowest BCUT2D eigenvalue weighted by Gasteiger charge is -2.46. The van der Waals surface area contributed by atoms with Gasteiger partial charge in [0.1, 0.15) is 6.61 Å². The molecule has 0 spiro atoms. The van der Waals surface area contributed by atoms with Crippen LogP contribution >= 0.6 is 0 Å². The first kappa shape index (κ1) is 21.8. The van der Waals surface area contributed by atoms with Crippen LogP contribution in [0.2, 0.25) is 0 Å². The number of nitrogens with zero attached hydrogens (tertiary/aromatic N) is 3. The smallest absolute Gasteiger partial charge is 0.303 e. The lowest BCUT2D eigenvalue weighted by molar-refractivity contribution is -0.137. The topological polar surface area (TPSA) is 67.2 Å². The Morgan fingerprint density at radius 2 is 1.86 bits per heavy atom. The molecule has 6 heteroatoms. The number of rotatable bonds is 6. The van der Waals surface area contributed by atoms with Crippen LogP contribution in [-0.2, 0) is 11.3 Å². The molecule has 6 nitrogen and oxygen atoms in total. The largest absolute Gasteiger partial charge is 0.481 e. The van der Waals surface area contributed by atoms with Gasteiger partial charge < -0.3 is 15.1 Å². The van der Waals surface area contributed by atoms with Gasteiger partial charge in [-0.1, -0.05) is 24.0 Å². The minimum Gasteiger partial charge on any atom is -0.481 e. The maximum Gasteiger partial charge on any atom is 0.303 e. The summed E-state index contributed by atoms with van der Waals surface area (Å²) >= 11 is 0. The molecule has 0 radical (unpaired) electrons. The number of likely N-dealkylation sites (N-methyl/N-ethyl adjacent to an activating group) is 1. The van der Waals surface area contributed by atoms with E-state index in [-0.39, 0.29) is 13.0 Å². The molecule has 1 aromatic rings. The number of aliphatic carboxylic acids is 1. The Hall–Kier alpha value is -1.91. The van der Waals surface area contributed by atoms with E-state index in [9.17, 15) is 9.90 Å². The highest BCUT2D eigenvalue weighted by Crippen LogP contribution is 2.28. The quantitative estimate of drug-likeness (QED) is 0.704. The van der Waals surface area contributed by atoms with E-state index in [1.54, 1.807) is 0 Å². The van der Waals surface area contributed by atoms with Crippen LogP contribution in [0.1, 0.15) is 30.4 Å². The van der Waals surface area contributed by atoms with Crippen molar-refractivity contribution in [3.63, 3.8) is 0 Å². The number of hydrogen-bond donors (Lipinski definition) is 2. The summed E-state index contributed by atoms with van der Waals surface area (Å²) in [6, 6.07) is 8.68. The van der Waals surface area contributed by atoms with Crippen molar-refractivity contribution in [2.75, 3.05) is 52.9 Å². The average Bonchev–Trinajstić information content (AvgIpc) is 2.72. The average molecular weight is 400 g/mol. The van der Waals surface area contributed by atoms with Gasteiger partial charge in [-0.2, -0.15) is 0 Å². The number of piperazine rings is 1. The van der Waals surface area contributed by atoms with Crippen molar-refractivity contribution in [2.24, 2.45) is 5.92 Å². The van der Waals surface area contributed by atoms with Crippen molar-refractivity contribution >= 4 is 5.97 Å². The summed E-state index contributed by atoms with van der Waals surface area (Å²) in [5, 5.41) is 18.0. The Morgan fingerprint density at radius 1 is 1.14 bits per heavy atom. The molecule has 1 aromatic carbocycles. The molecule has 0 bridgehead atoms. The number of benzene rings is 1. The second-order valence-corrected chi connectivity index (χ2v) is 8.28. The Balaban J connectivity index is 1.61. The summed E-state index contributed by atoms with van der Waals surface area (Å²) in [6.07, 6.45) is 2.10. The molecule has 0 aromatic heterocycles. The third-order valence-corrected chi connectivity index (χ3v) is 6.19. The Labute approximate surface area is 174 Å². The minimum absolute atomic E-state index is 0.123. The van der Waals surface area contributed by atoms with Crippen LogP contribution < -0.4 is 0 Å². The first-order valence-electron chi connectivity index (χ1n) is 10.6. The summed E-state index contributed by atoms with van der Waals surface area (Å²) in [7, 11) is 2.17. The maximum atomic E-state index is 11.2. The van der Waals surface area contributed by atoms with Gasteiger partial charge in [-0.25, -0.2) is 0 Å². The van der Waals surface area contributed by atoms with E-state index in [1.807, 2.05) is 12.1 Å². The number of hydrogen-bond acceptors (Lipinski definition) is 5. The summed E-state index contributed by atoms with van der Waals surface area (Å²) < 4.78 is 0. The first-order chi connectivity index (χ1) is 14.0. The number of likely N-dealkylation sites (tertiary alicyclic amines) is 1. The zero-order chi connectivity index (χ0) is 20.6. The zero-order valence-corrected chi connectivity index (χ0v) is 17.4. The van der Waals surface area contributed by atoms with Gasteiger partial charge in [-0.15, -0.1) is 0 Å². The van der Waals surface area contributed by atoms with E-state index >= 15 is 0 Å². The van der Waals surface area contributed by atoms with Gasteiger partial charge in [0.05, 0.1) is 0 Å². The van der Waals surface area contributed by atoms with Gasteiger partial charge in [-0.05, 0) is 50.0 Å². The zero-order valence-electron chi connectivity index (χ0n) is 17.4. The van der Waals surface area contributed by atoms with Crippen molar-refractivity contribution in [1.82, 2.24) is 14.7 Å². The molecule has 2 N–H and O–H groups in total. The number of aliphatic hydroxyl groups excluding tert-OH is 1. The number of piperidine rings is 1. The van der Waals surface area contributed by atoms with E-state index < -0.39 is 5.97 Å². The third kappa shape index (κ3) is 6.55. The van der Waals surface area contributed by atoms with E-state index in [1.165, 1.54) is 5.56 Å². The number of aliphatic hydroxyl groups is 1. The molecule has 2 fully saturated rings. The summed E-state index contributed by atoms with van der Waals surface area (Å²) in [5.74, 6) is 5.30. The van der Waals surface area contributed by atoms with Crippen LogP contribution in [-0.4, -0.2) is 89.8 Å². The van der Waals surface area contributed by atoms with Crippen LogP contribution in [0.4, 0.5) is 0 Å². The molecule has 2 heterocycles. The number of carbonyl (C=O) groups is 1. The number of carboxylic acid groups (broad SMARTS) is 1. The van der Waals surface area contributed by atoms with Crippen molar-refractivity contribution in [3.05, 3.63) is 35.4 Å². The second-order valence-electron chi connectivity index (χ2n) is 8.28. The van der Waals surface area contributed by atoms with E-state index in [0.29, 0.717) is 12.0 Å². The predicted octanol–water partition coefficient (Wildman–Crippen LogP) is 1.33. The minimum atomic E-state index is -0.696. The van der Waals surface area contributed by atoms with Crippen molar-refractivity contribution in [1.29, 1.82) is 0 Å². The standard InChI is InChI=1S/C23H33N3O3/c1-24-12-14-26(15-13-24)22-10-11-25(18-21(22)8-9-23(28)29)17-20-6-4-19(5-7-20)3-2-16-27/h4-7,21-22,27H,8-18H2,1H3,(H,28,29). The summed E-state index contributed by atoms with van der Waals surface area (Å²) in [6.45, 7) is 7.12. The Kier molecular flexibility index (Phi) is 8.08. The molecule has 2 unspecified atom stereocenters. The highest BCUT2D eigenvalue weighted by Gasteiger charge is 2.34.